The maximum atomic E-state index is 13.7. The molecule has 2 aromatic carbocycles. The number of nitrogens with zero attached hydrogens (tertiary/aromatic N) is 1. The number of hydrogen-bond donors (Lipinski definition) is 0. The van der Waals surface area contributed by atoms with Gasteiger partial charge < -0.3 is 0 Å². The Morgan fingerprint density at radius 1 is 1.09 bits per heavy atom. The van der Waals surface area contributed by atoms with Crippen LogP contribution in [0.1, 0.15) is 11.1 Å². The summed E-state index contributed by atoms with van der Waals surface area (Å²) in [5, 5.41) is -0.379. The quantitative estimate of drug-likeness (QED) is 0.516. The van der Waals surface area contributed by atoms with Crippen LogP contribution >= 0.6 is 34.4 Å². The van der Waals surface area contributed by atoms with E-state index < -0.39 is 5.82 Å². The van der Waals surface area contributed by atoms with Crippen LogP contribution in [0.3, 0.4) is 0 Å². The van der Waals surface area contributed by atoms with Gasteiger partial charge in [-0.15, -0.1) is 0 Å². The molecular weight excluding hydrogens is 428 g/mol. The number of halogens is 2. The highest BCUT2D eigenvalue weighted by molar-refractivity contribution is 14.1. The lowest BCUT2D eigenvalue weighted by Gasteiger charge is -2.12. The lowest BCUT2D eigenvalue weighted by molar-refractivity contribution is -0.123. The summed E-state index contributed by atoms with van der Waals surface area (Å²) in [5.41, 5.74) is 1.20. The summed E-state index contributed by atoms with van der Waals surface area (Å²) >= 11 is 3.06. The molecule has 2 amide bonds. The van der Waals surface area contributed by atoms with E-state index in [0.717, 1.165) is 25.8 Å². The van der Waals surface area contributed by atoms with Crippen molar-refractivity contribution in [3.8, 4) is 0 Å². The molecule has 23 heavy (non-hydrogen) atoms. The van der Waals surface area contributed by atoms with Crippen molar-refractivity contribution in [2.24, 2.45) is 0 Å². The molecule has 1 aliphatic heterocycles. The van der Waals surface area contributed by atoms with E-state index in [1.54, 1.807) is 24.3 Å². The van der Waals surface area contributed by atoms with Crippen LogP contribution in [0.25, 0.3) is 6.08 Å². The van der Waals surface area contributed by atoms with Crippen LogP contribution in [0.2, 0.25) is 0 Å². The van der Waals surface area contributed by atoms with Gasteiger partial charge in [0.1, 0.15) is 5.82 Å². The minimum atomic E-state index is -0.423. The maximum Gasteiger partial charge on any atom is 0.293 e. The molecule has 1 saturated heterocycles. The zero-order valence-corrected chi connectivity index (χ0v) is 14.8. The number of carbonyl (C=O) groups is 2. The molecule has 1 fully saturated rings. The van der Waals surface area contributed by atoms with E-state index in [1.807, 2.05) is 24.3 Å². The zero-order valence-electron chi connectivity index (χ0n) is 11.8. The van der Waals surface area contributed by atoms with E-state index in [4.69, 9.17) is 0 Å². The molecule has 0 N–H and O–H groups in total. The first-order chi connectivity index (χ1) is 11.1. The first-order valence-electron chi connectivity index (χ1n) is 6.79. The number of rotatable bonds is 3. The molecule has 1 heterocycles. The first kappa shape index (κ1) is 16.2. The molecule has 3 rings (SSSR count). The van der Waals surface area contributed by atoms with Gasteiger partial charge in [-0.1, -0.05) is 36.4 Å². The molecule has 116 valence electrons. The van der Waals surface area contributed by atoms with Crippen molar-refractivity contribution in [3.63, 3.8) is 0 Å². The molecule has 0 spiro atoms. The number of imide groups is 1. The van der Waals surface area contributed by atoms with Gasteiger partial charge in [0, 0.05) is 9.13 Å². The summed E-state index contributed by atoms with van der Waals surface area (Å²) in [4.78, 5) is 26.0. The van der Waals surface area contributed by atoms with Crippen molar-refractivity contribution in [3.05, 3.63) is 74.0 Å². The first-order valence-corrected chi connectivity index (χ1v) is 8.69. The molecular formula is C17H11FINO2S. The van der Waals surface area contributed by atoms with E-state index in [2.05, 4.69) is 22.6 Å². The Balaban J connectivity index is 1.86. The smallest absolute Gasteiger partial charge is 0.268 e. The van der Waals surface area contributed by atoms with Gasteiger partial charge in [-0.25, -0.2) is 4.39 Å². The molecule has 0 unspecified atom stereocenters. The summed E-state index contributed by atoms with van der Waals surface area (Å²) in [7, 11) is 0. The minimum Gasteiger partial charge on any atom is -0.268 e. The Labute approximate surface area is 150 Å². The van der Waals surface area contributed by atoms with Crippen LogP contribution in [0.5, 0.6) is 0 Å². The Morgan fingerprint density at radius 3 is 2.52 bits per heavy atom. The molecule has 0 aromatic heterocycles. The summed E-state index contributed by atoms with van der Waals surface area (Å²) in [5.74, 6) is -0.809. The van der Waals surface area contributed by atoms with Crippen LogP contribution in [-0.2, 0) is 11.3 Å². The van der Waals surface area contributed by atoms with Crippen LogP contribution < -0.4 is 0 Å². The van der Waals surface area contributed by atoms with Gasteiger partial charge in [-0.05, 0) is 58.1 Å². The standard InChI is InChI=1S/C17H11FINO2S/c18-13-7-3-1-6-12(13)10-20-16(21)15(23-17(20)22)9-11-5-2-4-8-14(11)19/h1-9H,10H2/b15-9-. The highest BCUT2D eigenvalue weighted by atomic mass is 127. The van der Waals surface area contributed by atoms with Gasteiger partial charge in [-0.3, -0.25) is 14.5 Å². The highest BCUT2D eigenvalue weighted by Crippen LogP contribution is 2.34. The Hall–Kier alpha value is -1.67. The molecule has 0 saturated carbocycles. The fraction of sp³-hybridized carbons (Fsp3) is 0.0588. The summed E-state index contributed by atoms with van der Waals surface area (Å²) in [6.07, 6.45) is 1.70. The lowest BCUT2D eigenvalue weighted by atomic mass is 10.2. The molecule has 0 atom stereocenters. The largest absolute Gasteiger partial charge is 0.293 e. The van der Waals surface area contributed by atoms with Crippen LogP contribution in [0.4, 0.5) is 9.18 Å². The predicted octanol–water partition coefficient (Wildman–Crippen LogP) is 4.67. The van der Waals surface area contributed by atoms with Crippen LogP contribution in [0, 0.1) is 9.39 Å². The topological polar surface area (TPSA) is 37.4 Å². The SMILES string of the molecule is O=C1S/C(=C\c2ccccc2I)C(=O)N1Cc1ccccc1F. The maximum absolute atomic E-state index is 13.7. The number of amides is 2. The van der Waals surface area contributed by atoms with E-state index in [1.165, 1.54) is 6.07 Å². The Kier molecular flexibility index (Phi) is 4.82. The normalized spacial score (nSPS) is 16.4. The van der Waals surface area contributed by atoms with Crippen molar-refractivity contribution in [2.75, 3.05) is 0 Å². The molecule has 0 radical (unpaired) electrons. The third-order valence-corrected chi connectivity index (χ3v) is 5.24. The predicted molar refractivity (Wildman–Crippen MR) is 97.1 cm³/mol. The van der Waals surface area contributed by atoms with Gasteiger partial charge >= 0.3 is 0 Å². The van der Waals surface area contributed by atoms with Gasteiger partial charge in [-0.2, -0.15) is 0 Å². The van der Waals surface area contributed by atoms with Gasteiger partial charge in [0.25, 0.3) is 11.1 Å². The molecule has 3 nitrogen and oxygen atoms in total. The molecule has 0 bridgehead atoms. The van der Waals surface area contributed by atoms with E-state index >= 15 is 0 Å². The third-order valence-electron chi connectivity index (χ3n) is 3.35. The van der Waals surface area contributed by atoms with Gasteiger partial charge in [0.05, 0.1) is 11.4 Å². The van der Waals surface area contributed by atoms with E-state index in [0.29, 0.717) is 10.5 Å². The second-order valence-corrected chi connectivity index (χ2v) is 7.04. The van der Waals surface area contributed by atoms with Crippen molar-refractivity contribution in [1.82, 2.24) is 4.90 Å². The van der Waals surface area contributed by atoms with E-state index in [9.17, 15) is 14.0 Å². The van der Waals surface area contributed by atoms with Crippen molar-refractivity contribution >= 4 is 51.6 Å². The number of thioether (sulfide) groups is 1. The van der Waals surface area contributed by atoms with Crippen LogP contribution in [-0.4, -0.2) is 16.0 Å². The average molecular weight is 439 g/mol. The fourth-order valence-electron chi connectivity index (χ4n) is 2.17. The molecule has 6 heteroatoms. The van der Waals surface area contributed by atoms with Gasteiger partial charge in [0.2, 0.25) is 0 Å². The fourth-order valence-corrected chi connectivity index (χ4v) is 3.54. The average Bonchev–Trinajstić information content (AvgIpc) is 2.79. The Morgan fingerprint density at radius 2 is 1.78 bits per heavy atom. The highest BCUT2D eigenvalue weighted by Gasteiger charge is 2.35. The second kappa shape index (κ2) is 6.84. The summed E-state index contributed by atoms with van der Waals surface area (Å²) < 4.78 is 14.7. The summed E-state index contributed by atoms with van der Waals surface area (Å²) in [6, 6.07) is 13.7. The molecule has 0 aliphatic carbocycles. The molecule has 2 aromatic rings. The number of hydrogen-bond acceptors (Lipinski definition) is 3. The van der Waals surface area contributed by atoms with Gasteiger partial charge in [0.15, 0.2) is 0 Å². The summed E-state index contributed by atoms with van der Waals surface area (Å²) in [6.45, 7) is -0.0550. The Bertz CT molecular complexity index is 822. The lowest BCUT2D eigenvalue weighted by Crippen LogP contribution is -2.27. The second-order valence-electron chi connectivity index (χ2n) is 4.88. The van der Waals surface area contributed by atoms with Crippen molar-refractivity contribution in [1.29, 1.82) is 0 Å². The monoisotopic (exact) mass is 439 g/mol. The number of carbonyl (C=O) groups excluding carboxylic acids is 2. The van der Waals surface area contributed by atoms with E-state index in [-0.39, 0.29) is 17.7 Å². The molecule has 1 aliphatic rings. The van der Waals surface area contributed by atoms with Crippen molar-refractivity contribution < 1.29 is 14.0 Å². The van der Waals surface area contributed by atoms with Crippen LogP contribution in [0.15, 0.2) is 53.4 Å². The number of benzene rings is 2. The third kappa shape index (κ3) is 3.48. The van der Waals surface area contributed by atoms with Crippen molar-refractivity contribution in [2.45, 2.75) is 6.54 Å². The minimum absolute atomic E-state index is 0.0550. The zero-order chi connectivity index (χ0) is 16.4.